The standard InChI is InChI=1S/C17H25NO2/c1-20-15-6-8-17(19,9-7-15)16(12-18)10-13-4-2-3-5-14(13)11-16/h2-5,15,19H,6-12,18H2,1H3. The van der Waals surface area contributed by atoms with Gasteiger partial charge in [0.2, 0.25) is 0 Å². The monoisotopic (exact) mass is 275 g/mol. The third kappa shape index (κ3) is 2.09. The molecule has 0 spiro atoms. The van der Waals surface area contributed by atoms with Crippen molar-refractivity contribution in [3.05, 3.63) is 35.4 Å². The van der Waals surface area contributed by atoms with Crippen LogP contribution in [0.5, 0.6) is 0 Å². The average Bonchev–Trinajstić information content (AvgIpc) is 2.88. The maximum atomic E-state index is 11.3. The van der Waals surface area contributed by atoms with Crippen LogP contribution in [0.4, 0.5) is 0 Å². The van der Waals surface area contributed by atoms with Gasteiger partial charge in [0.05, 0.1) is 11.7 Å². The number of methoxy groups -OCH3 is 1. The number of ether oxygens (including phenoxy) is 1. The minimum Gasteiger partial charge on any atom is -0.389 e. The highest BCUT2D eigenvalue weighted by Gasteiger charge is 2.53. The summed E-state index contributed by atoms with van der Waals surface area (Å²) in [5, 5.41) is 11.3. The summed E-state index contributed by atoms with van der Waals surface area (Å²) in [5.41, 5.74) is 8.03. The molecule has 0 aliphatic heterocycles. The van der Waals surface area contributed by atoms with E-state index >= 15 is 0 Å². The van der Waals surface area contributed by atoms with Crippen LogP contribution in [0.2, 0.25) is 0 Å². The molecule has 1 aromatic carbocycles. The van der Waals surface area contributed by atoms with Crippen LogP contribution in [0, 0.1) is 5.41 Å². The lowest BCUT2D eigenvalue weighted by atomic mass is 9.63. The lowest BCUT2D eigenvalue weighted by Crippen LogP contribution is -2.55. The summed E-state index contributed by atoms with van der Waals surface area (Å²) in [4.78, 5) is 0. The zero-order valence-corrected chi connectivity index (χ0v) is 12.3. The predicted molar refractivity (Wildman–Crippen MR) is 79.6 cm³/mol. The molecule has 3 N–H and O–H groups in total. The first-order chi connectivity index (χ1) is 9.62. The smallest absolute Gasteiger partial charge is 0.0724 e. The van der Waals surface area contributed by atoms with Crippen LogP contribution in [0.1, 0.15) is 36.8 Å². The maximum absolute atomic E-state index is 11.3. The van der Waals surface area contributed by atoms with E-state index in [0.29, 0.717) is 12.6 Å². The summed E-state index contributed by atoms with van der Waals surface area (Å²) in [5.74, 6) is 0. The van der Waals surface area contributed by atoms with Crippen molar-refractivity contribution in [3.8, 4) is 0 Å². The molecule has 0 aromatic heterocycles. The van der Waals surface area contributed by atoms with Gasteiger partial charge in [-0.15, -0.1) is 0 Å². The molecular weight excluding hydrogens is 250 g/mol. The minimum atomic E-state index is -0.643. The fourth-order valence-electron chi connectivity index (χ4n) is 4.19. The van der Waals surface area contributed by atoms with Crippen LogP contribution in [0.15, 0.2) is 24.3 Å². The first kappa shape index (κ1) is 14.1. The number of hydrogen-bond acceptors (Lipinski definition) is 3. The molecule has 3 rings (SSSR count). The fraction of sp³-hybridized carbons (Fsp3) is 0.647. The lowest BCUT2D eigenvalue weighted by molar-refractivity contribution is -0.122. The van der Waals surface area contributed by atoms with Crippen molar-refractivity contribution in [2.45, 2.75) is 50.2 Å². The van der Waals surface area contributed by atoms with Crippen molar-refractivity contribution < 1.29 is 9.84 Å². The van der Waals surface area contributed by atoms with Crippen LogP contribution in [-0.4, -0.2) is 30.5 Å². The van der Waals surface area contributed by atoms with Gasteiger partial charge in [-0.25, -0.2) is 0 Å². The van der Waals surface area contributed by atoms with Gasteiger partial charge in [-0.05, 0) is 49.7 Å². The minimum absolute atomic E-state index is 0.185. The normalized spacial score (nSPS) is 32.0. The average molecular weight is 275 g/mol. The van der Waals surface area contributed by atoms with E-state index in [1.54, 1.807) is 7.11 Å². The van der Waals surface area contributed by atoms with Gasteiger partial charge in [0.25, 0.3) is 0 Å². The van der Waals surface area contributed by atoms with Gasteiger partial charge in [-0.2, -0.15) is 0 Å². The van der Waals surface area contributed by atoms with Crippen LogP contribution in [0.25, 0.3) is 0 Å². The third-order valence-corrected chi connectivity index (χ3v) is 5.65. The molecule has 1 fully saturated rings. The largest absolute Gasteiger partial charge is 0.389 e. The zero-order chi connectivity index (χ0) is 14.2. The van der Waals surface area contributed by atoms with E-state index in [4.69, 9.17) is 10.5 Å². The quantitative estimate of drug-likeness (QED) is 0.887. The van der Waals surface area contributed by atoms with Crippen molar-refractivity contribution in [2.24, 2.45) is 11.1 Å². The van der Waals surface area contributed by atoms with Gasteiger partial charge in [-0.1, -0.05) is 24.3 Å². The van der Waals surface area contributed by atoms with Crippen LogP contribution in [0.3, 0.4) is 0 Å². The predicted octanol–water partition coefficient (Wildman–Crippen LogP) is 2.05. The van der Waals surface area contributed by atoms with E-state index in [0.717, 1.165) is 38.5 Å². The molecule has 1 aromatic rings. The highest BCUT2D eigenvalue weighted by molar-refractivity contribution is 5.36. The van der Waals surface area contributed by atoms with E-state index in [2.05, 4.69) is 24.3 Å². The molecule has 3 heteroatoms. The number of nitrogens with two attached hydrogens (primary N) is 1. The maximum Gasteiger partial charge on any atom is 0.0724 e. The molecule has 0 saturated heterocycles. The van der Waals surface area contributed by atoms with E-state index in [1.165, 1.54) is 11.1 Å². The molecule has 20 heavy (non-hydrogen) atoms. The number of benzene rings is 1. The topological polar surface area (TPSA) is 55.5 Å². The van der Waals surface area contributed by atoms with E-state index in [1.807, 2.05) is 0 Å². The van der Waals surface area contributed by atoms with Crippen molar-refractivity contribution >= 4 is 0 Å². The molecule has 0 amide bonds. The summed E-state index contributed by atoms with van der Waals surface area (Å²) in [6, 6.07) is 8.52. The highest BCUT2D eigenvalue weighted by Crippen LogP contribution is 2.50. The number of fused-ring (bicyclic) bond motifs is 1. The molecule has 2 aliphatic carbocycles. The van der Waals surface area contributed by atoms with Gasteiger partial charge in [0, 0.05) is 19.1 Å². The summed E-state index contributed by atoms with van der Waals surface area (Å²) in [6.07, 6.45) is 5.60. The lowest BCUT2D eigenvalue weighted by Gasteiger charge is -2.48. The van der Waals surface area contributed by atoms with Crippen molar-refractivity contribution in [1.29, 1.82) is 0 Å². The SMILES string of the molecule is COC1CCC(O)(C2(CN)Cc3ccccc3C2)CC1. The Morgan fingerprint density at radius 3 is 2.20 bits per heavy atom. The Morgan fingerprint density at radius 2 is 1.75 bits per heavy atom. The summed E-state index contributed by atoms with van der Waals surface area (Å²) in [6.45, 7) is 0.551. The van der Waals surface area contributed by atoms with Crippen LogP contribution in [-0.2, 0) is 17.6 Å². The van der Waals surface area contributed by atoms with Gasteiger partial charge in [0.15, 0.2) is 0 Å². The number of rotatable bonds is 3. The fourth-order valence-corrected chi connectivity index (χ4v) is 4.19. The Morgan fingerprint density at radius 1 is 1.20 bits per heavy atom. The van der Waals surface area contributed by atoms with Crippen molar-refractivity contribution in [2.75, 3.05) is 13.7 Å². The molecule has 1 saturated carbocycles. The van der Waals surface area contributed by atoms with Gasteiger partial charge in [-0.3, -0.25) is 0 Å². The Bertz CT molecular complexity index is 453. The Balaban J connectivity index is 1.85. The molecule has 3 nitrogen and oxygen atoms in total. The number of aliphatic hydroxyl groups is 1. The third-order valence-electron chi connectivity index (χ3n) is 5.65. The molecule has 2 aliphatic rings. The van der Waals surface area contributed by atoms with Gasteiger partial charge < -0.3 is 15.6 Å². The Hall–Kier alpha value is -0.900. The molecule has 0 unspecified atom stereocenters. The molecule has 0 atom stereocenters. The van der Waals surface area contributed by atoms with Crippen molar-refractivity contribution in [1.82, 2.24) is 0 Å². The second-order valence-electron chi connectivity index (χ2n) is 6.57. The molecule has 0 radical (unpaired) electrons. The van der Waals surface area contributed by atoms with E-state index in [9.17, 15) is 5.11 Å². The number of hydrogen-bond donors (Lipinski definition) is 2. The van der Waals surface area contributed by atoms with Crippen molar-refractivity contribution in [3.63, 3.8) is 0 Å². The Labute approximate surface area is 121 Å². The molecule has 0 heterocycles. The van der Waals surface area contributed by atoms with E-state index < -0.39 is 5.60 Å². The second-order valence-corrected chi connectivity index (χ2v) is 6.57. The zero-order valence-electron chi connectivity index (χ0n) is 12.3. The Kier molecular flexibility index (Phi) is 3.61. The first-order valence-electron chi connectivity index (χ1n) is 7.64. The summed E-state index contributed by atoms with van der Waals surface area (Å²) >= 11 is 0. The van der Waals surface area contributed by atoms with Crippen LogP contribution < -0.4 is 5.73 Å². The summed E-state index contributed by atoms with van der Waals surface area (Å²) < 4.78 is 5.43. The van der Waals surface area contributed by atoms with Crippen LogP contribution >= 0.6 is 0 Å². The van der Waals surface area contributed by atoms with Gasteiger partial charge >= 0.3 is 0 Å². The highest BCUT2D eigenvalue weighted by atomic mass is 16.5. The molecular formula is C17H25NO2. The molecule has 110 valence electrons. The van der Waals surface area contributed by atoms with E-state index in [-0.39, 0.29) is 5.41 Å². The molecule has 0 bridgehead atoms. The summed E-state index contributed by atoms with van der Waals surface area (Å²) in [7, 11) is 1.76. The van der Waals surface area contributed by atoms with Gasteiger partial charge in [0.1, 0.15) is 0 Å². The first-order valence-corrected chi connectivity index (χ1v) is 7.64. The second kappa shape index (κ2) is 5.14.